The molecule has 6 aliphatic rings. The molecule has 2 aromatic rings. The zero-order valence-electron chi connectivity index (χ0n) is 43.2. The van der Waals surface area contributed by atoms with E-state index >= 15 is 0 Å². The van der Waals surface area contributed by atoms with E-state index in [0.29, 0.717) is 0 Å². The Hall–Kier alpha value is 0.778. The first-order chi connectivity index (χ1) is 26.4. The molecule has 0 radical (unpaired) electrons. The maximum absolute atomic E-state index is 2.45. The second-order valence-corrected chi connectivity index (χ2v) is 24.1. The maximum Gasteiger partial charge on any atom is 2.00 e. The van der Waals surface area contributed by atoms with Crippen LogP contribution in [-0.2, 0) is 51.2 Å². The predicted octanol–water partition coefficient (Wildman–Crippen LogP) is 16.3. The van der Waals surface area contributed by atoms with E-state index < -0.39 is 0 Å². The van der Waals surface area contributed by atoms with Gasteiger partial charge in [0.2, 0.25) is 0 Å². The number of hydrogen-bond donors (Lipinski definition) is 0. The molecule has 8 atom stereocenters. The molecule has 63 heavy (non-hydrogen) atoms. The summed E-state index contributed by atoms with van der Waals surface area (Å²) in [4.78, 5) is 4.91. The molecule has 6 fully saturated rings. The molecule has 370 valence electrons. The van der Waals surface area contributed by atoms with Crippen LogP contribution in [0.15, 0.2) is 60.7 Å². The molecule has 0 bridgehead atoms. The van der Waals surface area contributed by atoms with Crippen molar-refractivity contribution in [3.8, 4) is 0 Å². The molecule has 2 aromatic carbocycles. The van der Waals surface area contributed by atoms with Crippen molar-refractivity contribution in [3.63, 3.8) is 0 Å². The topological polar surface area (TPSA) is 6.48 Å². The van der Waals surface area contributed by atoms with Crippen molar-refractivity contribution in [3.05, 3.63) is 105 Å². The quantitative estimate of drug-likeness (QED) is 0.133. The van der Waals surface area contributed by atoms with Gasteiger partial charge in [0, 0.05) is 12.1 Å². The summed E-state index contributed by atoms with van der Waals surface area (Å²) in [5.41, 5.74) is 3.91. The average Bonchev–Trinajstić information content (AvgIpc) is 4.05. The standard InChI is InChI=1S/2C20H32NP.2C5H10.6CH3.3Fe/c2*1-16(21(2)3)19-14-9-15-20(19)22(18-12-7-8-13-18)17-10-5-4-6-11-17;2*1-2-4-5-3-1;;;;;;;;;/h2*4-6,10-11,16,18-20H,7-9,12-15H2,1-3H3;2*1-5H2;6*1H3;;;/q;;;;6*-1;3*+2/t2*16-,19?,20?,22+;;;;;;;;;;;/m11.........../s1. The largest absolute Gasteiger partial charge is 2.00 e. The number of hydrogen-bond acceptors (Lipinski definition) is 2. The van der Waals surface area contributed by atoms with Crippen molar-refractivity contribution in [2.24, 2.45) is 11.8 Å². The van der Waals surface area contributed by atoms with Gasteiger partial charge in [0.1, 0.15) is 0 Å². The van der Waals surface area contributed by atoms with Crippen LogP contribution in [0.1, 0.15) is 168 Å². The Kier molecular flexibility index (Phi) is 46.9. The third-order valence-corrected chi connectivity index (χ3v) is 21.8. The van der Waals surface area contributed by atoms with E-state index in [1.165, 1.54) is 154 Å². The molecule has 7 heteroatoms. The molecule has 6 aliphatic carbocycles. The second-order valence-electron chi connectivity index (χ2n) is 18.6. The van der Waals surface area contributed by atoms with Gasteiger partial charge in [0.15, 0.2) is 0 Å². The van der Waals surface area contributed by atoms with Crippen LogP contribution in [0, 0.1) is 56.4 Å². The van der Waals surface area contributed by atoms with Crippen LogP contribution in [0.4, 0.5) is 0 Å². The van der Waals surface area contributed by atoms with E-state index in [-0.39, 0.29) is 112 Å². The first kappa shape index (κ1) is 72.8. The van der Waals surface area contributed by atoms with Crippen LogP contribution in [-0.4, -0.2) is 72.7 Å². The van der Waals surface area contributed by atoms with Crippen molar-refractivity contribution >= 4 is 26.5 Å². The Morgan fingerprint density at radius 3 is 0.857 bits per heavy atom. The number of rotatable bonds is 10. The summed E-state index contributed by atoms with van der Waals surface area (Å²) in [5.74, 6) is 1.81. The molecular weight excluding hydrogens is 930 g/mol. The van der Waals surface area contributed by atoms with E-state index in [1.807, 2.05) is 0 Å². The van der Waals surface area contributed by atoms with Gasteiger partial charge in [-0.1, -0.05) is 179 Å². The van der Waals surface area contributed by atoms with Gasteiger partial charge < -0.3 is 54.4 Å². The summed E-state index contributed by atoms with van der Waals surface area (Å²) >= 11 is 0. The molecule has 0 saturated heterocycles. The van der Waals surface area contributed by atoms with E-state index in [1.54, 1.807) is 10.6 Å². The monoisotopic (exact) mass is 1030 g/mol. The predicted molar refractivity (Wildman–Crippen MR) is 284 cm³/mol. The summed E-state index contributed by atoms with van der Waals surface area (Å²) in [6.45, 7) is 4.91. The molecule has 8 rings (SSSR count). The summed E-state index contributed by atoms with van der Waals surface area (Å²) < 4.78 is 0. The Morgan fingerprint density at radius 2 is 0.619 bits per heavy atom. The van der Waals surface area contributed by atoms with Crippen molar-refractivity contribution < 1.29 is 51.2 Å². The third kappa shape index (κ3) is 22.8. The molecule has 0 spiro atoms. The molecule has 0 aromatic heterocycles. The fraction of sp³-hybridized carbons (Fsp3) is 0.679. The molecule has 0 amide bonds. The summed E-state index contributed by atoms with van der Waals surface area (Å²) in [7, 11) is 9.09. The van der Waals surface area contributed by atoms with E-state index in [2.05, 4.69) is 113 Å². The SMILES string of the molecule is C1CCCC1.C1CCCC1.C[C@H](C1CCCC1[P@@](c1ccccc1)C1CCCC1)N(C)C.C[C@H](C1CCCC1[P@@](c1ccccc1)C1CCCC1)N(C)C.[CH3-].[CH3-].[CH3-].[CH3-].[CH3-].[CH3-].[Fe+2].[Fe+2].[Fe+2]. The van der Waals surface area contributed by atoms with Gasteiger partial charge in [0.25, 0.3) is 0 Å². The van der Waals surface area contributed by atoms with Gasteiger partial charge in [-0.05, 0) is 138 Å². The molecule has 0 aliphatic heterocycles. The van der Waals surface area contributed by atoms with Crippen LogP contribution in [0.25, 0.3) is 0 Å². The first-order valence-corrected chi connectivity index (χ1v) is 26.3. The van der Waals surface area contributed by atoms with Crippen LogP contribution in [0.2, 0.25) is 0 Å². The molecule has 4 unspecified atom stereocenters. The Bertz CT molecular complexity index is 1140. The third-order valence-electron chi connectivity index (χ3n) is 14.7. The summed E-state index contributed by atoms with van der Waals surface area (Å²) in [6, 6.07) is 24.6. The average molecular weight is 1030 g/mol. The molecule has 0 N–H and O–H groups in total. The second kappa shape index (κ2) is 40.6. The van der Waals surface area contributed by atoms with Crippen molar-refractivity contribution in [2.45, 2.75) is 203 Å². The Morgan fingerprint density at radius 1 is 0.365 bits per heavy atom. The van der Waals surface area contributed by atoms with E-state index in [4.69, 9.17) is 0 Å². The van der Waals surface area contributed by atoms with Gasteiger partial charge in [-0.15, -0.1) is 0 Å². The summed E-state index contributed by atoms with van der Waals surface area (Å²) in [5, 5.41) is 3.37. The fourth-order valence-electron chi connectivity index (χ4n) is 11.2. The van der Waals surface area contributed by atoms with Crippen LogP contribution >= 0.6 is 15.8 Å². The van der Waals surface area contributed by atoms with Crippen molar-refractivity contribution in [2.75, 3.05) is 28.2 Å². The minimum atomic E-state index is 0. The molecule has 0 heterocycles. The summed E-state index contributed by atoms with van der Waals surface area (Å²) in [6.07, 6.45) is 35.6. The van der Waals surface area contributed by atoms with Crippen molar-refractivity contribution in [1.29, 1.82) is 0 Å². The molecule has 2 nitrogen and oxygen atoms in total. The normalized spacial score (nSPS) is 24.1. The van der Waals surface area contributed by atoms with Crippen LogP contribution in [0.5, 0.6) is 0 Å². The fourth-order valence-corrected chi connectivity index (χ4v) is 19.3. The van der Waals surface area contributed by atoms with Crippen LogP contribution in [0.3, 0.4) is 0 Å². The minimum absolute atomic E-state index is 0. The van der Waals surface area contributed by atoms with Crippen LogP contribution < -0.4 is 10.6 Å². The maximum atomic E-state index is 2.45. The zero-order chi connectivity index (χ0) is 38.1. The van der Waals surface area contributed by atoms with Gasteiger partial charge in [0.05, 0.1) is 0 Å². The number of benzene rings is 2. The smallest absolute Gasteiger partial charge is 0.358 e. The van der Waals surface area contributed by atoms with Gasteiger partial charge in [-0.25, -0.2) is 0 Å². The van der Waals surface area contributed by atoms with Gasteiger partial charge in [-0.2, -0.15) is 0 Å². The minimum Gasteiger partial charge on any atom is -0.358 e. The zero-order valence-corrected chi connectivity index (χ0v) is 48.3. The Labute approximate surface area is 432 Å². The van der Waals surface area contributed by atoms with E-state index in [0.717, 1.165) is 46.6 Å². The van der Waals surface area contributed by atoms with Gasteiger partial charge >= 0.3 is 51.2 Å². The van der Waals surface area contributed by atoms with Crippen molar-refractivity contribution in [1.82, 2.24) is 9.80 Å². The van der Waals surface area contributed by atoms with E-state index in [9.17, 15) is 0 Å². The first-order valence-electron chi connectivity index (χ1n) is 23.4. The number of nitrogens with zero attached hydrogens (tertiary/aromatic N) is 2. The molecular formula is C56H102Fe3N2P2. The van der Waals surface area contributed by atoms with Gasteiger partial charge in [-0.3, -0.25) is 0 Å². The Balaban J connectivity index is -0.000000260. The molecule has 6 saturated carbocycles.